The van der Waals surface area contributed by atoms with E-state index < -0.39 is 33.7 Å². The molecule has 34 heavy (non-hydrogen) atoms. The Kier molecular flexibility index (Phi) is 6.28. The third kappa shape index (κ3) is 4.46. The largest absolute Gasteiger partial charge is 0.366 e. The van der Waals surface area contributed by atoms with E-state index in [2.05, 4.69) is 0 Å². The van der Waals surface area contributed by atoms with Gasteiger partial charge in [0.25, 0.3) is 5.91 Å². The average Bonchev–Trinajstić information content (AvgIpc) is 2.83. The molecule has 0 bridgehead atoms. The van der Waals surface area contributed by atoms with E-state index in [1.165, 1.54) is 29.2 Å². The number of piperazine rings is 1. The van der Waals surface area contributed by atoms with Gasteiger partial charge >= 0.3 is 0 Å². The van der Waals surface area contributed by atoms with Crippen LogP contribution in [0.5, 0.6) is 0 Å². The lowest BCUT2D eigenvalue weighted by Gasteiger charge is -2.40. The van der Waals surface area contributed by atoms with E-state index in [0.717, 1.165) is 12.3 Å². The Labute approximate surface area is 197 Å². The molecular weight excluding hydrogens is 460 g/mol. The maximum Gasteiger partial charge on any atom is 0.265 e. The quantitative estimate of drug-likeness (QED) is 0.665. The number of rotatable bonds is 4. The molecule has 0 spiro atoms. The van der Waals surface area contributed by atoms with Crippen molar-refractivity contribution in [2.24, 2.45) is 0 Å². The number of amides is 1. The highest BCUT2D eigenvalue weighted by Crippen LogP contribution is 2.42. The van der Waals surface area contributed by atoms with Crippen molar-refractivity contribution < 1.29 is 22.0 Å². The molecule has 1 saturated heterocycles. The van der Waals surface area contributed by atoms with E-state index in [-0.39, 0.29) is 42.2 Å². The molecule has 1 heterocycles. The molecule has 1 aliphatic heterocycles. The number of nitriles is 1. The predicted molar refractivity (Wildman–Crippen MR) is 126 cm³/mol. The molecule has 1 unspecified atom stereocenters. The number of carbonyl (C=O) groups is 1. The maximum absolute atomic E-state index is 16.6. The zero-order valence-corrected chi connectivity index (χ0v) is 19.4. The van der Waals surface area contributed by atoms with Crippen LogP contribution in [0.4, 0.5) is 14.5 Å². The van der Waals surface area contributed by atoms with Crippen LogP contribution in [0, 0.1) is 17.1 Å². The van der Waals surface area contributed by atoms with Gasteiger partial charge < -0.3 is 9.80 Å². The molecule has 0 saturated carbocycles. The molecule has 0 aromatic heterocycles. The van der Waals surface area contributed by atoms with Crippen molar-refractivity contribution >= 4 is 27.0 Å². The van der Waals surface area contributed by atoms with Gasteiger partial charge in [0.2, 0.25) is 5.67 Å². The maximum atomic E-state index is 16.6. The smallest absolute Gasteiger partial charge is 0.265 e. The Morgan fingerprint density at radius 1 is 1.06 bits per heavy atom. The molecule has 0 radical (unpaired) electrons. The molecule has 9 heteroatoms. The molecule has 1 fully saturated rings. The van der Waals surface area contributed by atoms with Gasteiger partial charge in [0.15, 0.2) is 9.84 Å². The third-order valence-corrected chi connectivity index (χ3v) is 7.40. The van der Waals surface area contributed by atoms with Crippen molar-refractivity contribution in [2.75, 3.05) is 37.3 Å². The second-order valence-corrected chi connectivity index (χ2v) is 10.5. The van der Waals surface area contributed by atoms with Gasteiger partial charge in [-0.3, -0.25) is 4.79 Å². The first-order valence-electron chi connectivity index (χ1n) is 10.7. The number of allylic oxidation sites excluding steroid dienone is 3. The number of benzene rings is 2. The fraction of sp³-hybridized carbons (Fsp3) is 0.280. The van der Waals surface area contributed by atoms with Gasteiger partial charge in [-0.15, -0.1) is 0 Å². The summed E-state index contributed by atoms with van der Waals surface area (Å²) in [6.07, 6.45) is 3.15. The van der Waals surface area contributed by atoms with Crippen LogP contribution >= 0.6 is 0 Å². The van der Waals surface area contributed by atoms with Gasteiger partial charge in [0.1, 0.15) is 5.82 Å². The summed E-state index contributed by atoms with van der Waals surface area (Å²) in [6, 6.07) is 14.7. The van der Waals surface area contributed by atoms with Crippen molar-refractivity contribution in [3.63, 3.8) is 0 Å². The number of carbonyl (C=O) groups excluding carboxylic acids is 1. The van der Waals surface area contributed by atoms with Crippen LogP contribution in [0.3, 0.4) is 0 Å². The molecule has 2 aromatic carbocycles. The highest BCUT2D eigenvalue weighted by atomic mass is 32.2. The number of anilines is 1. The molecule has 176 valence electrons. The molecule has 0 N–H and O–H groups in total. The summed E-state index contributed by atoms with van der Waals surface area (Å²) >= 11 is 0. The number of hydrogen-bond acceptors (Lipinski definition) is 5. The van der Waals surface area contributed by atoms with Crippen molar-refractivity contribution in [3.05, 3.63) is 82.5 Å². The van der Waals surface area contributed by atoms with E-state index in [9.17, 15) is 17.6 Å². The number of halogens is 2. The average molecular weight is 484 g/mol. The number of hydrogen-bond donors (Lipinski definition) is 0. The van der Waals surface area contributed by atoms with E-state index >= 15 is 4.39 Å². The van der Waals surface area contributed by atoms with Gasteiger partial charge in [-0.25, -0.2) is 17.2 Å². The van der Waals surface area contributed by atoms with Crippen LogP contribution in [-0.2, 0) is 14.6 Å². The molecule has 2 aliphatic rings. The van der Waals surface area contributed by atoms with Crippen LogP contribution in [-0.4, -0.2) is 57.3 Å². The minimum atomic E-state index is -3.69. The number of nitrogens with zero attached hydrogens (tertiary/aromatic N) is 3. The highest BCUT2D eigenvalue weighted by molar-refractivity contribution is 7.94. The summed E-state index contributed by atoms with van der Waals surface area (Å²) in [4.78, 5) is 16.4. The van der Waals surface area contributed by atoms with Gasteiger partial charge in [-0.2, -0.15) is 5.26 Å². The van der Waals surface area contributed by atoms with E-state index in [1.54, 1.807) is 35.2 Å². The van der Waals surface area contributed by atoms with E-state index in [4.69, 9.17) is 5.26 Å². The van der Waals surface area contributed by atoms with Crippen molar-refractivity contribution in [3.8, 4) is 6.07 Å². The Morgan fingerprint density at radius 2 is 1.74 bits per heavy atom. The zero-order chi connectivity index (χ0) is 24.5. The SMILES string of the molecule is CS(=O)(=O)C1=CC=C(c2ccccc2)C(F)(C(=O)N2CCN(c3ccc(C#N)cc3F)CC2)C1. The standard InChI is InChI=1S/C25H23F2N3O3S/c1-34(32,33)20-8-9-21(19-5-3-2-4-6-19)25(27,16-20)24(31)30-13-11-29(12-14-30)23-10-7-18(17-28)15-22(23)26/h2-10,15H,11-14,16H2,1H3. The van der Waals surface area contributed by atoms with Crippen LogP contribution in [0.1, 0.15) is 17.5 Å². The lowest BCUT2D eigenvalue weighted by Crippen LogP contribution is -2.55. The summed E-state index contributed by atoms with van der Waals surface area (Å²) in [5.41, 5.74) is -1.41. The molecule has 6 nitrogen and oxygen atoms in total. The van der Waals surface area contributed by atoms with E-state index in [0.29, 0.717) is 11.3 Å². The second-order valence-electron chi connectivity index (χ2n) is 8.39. The molecule has 1 atom stereocenters. The van der Waals surface area contributed by atoms with Crippen LogP contribution in [0.25, 0.3) is 5.57 Å². The third-order valence-electron chi connectivity index (χ3n) is 6.17. The monoisotopic (exact) mass is 483 g/mol. The molecule has 1 amide bonds. The summed E-state index contributed by atoms with van der Waals surface area (Å²) in [5, 5.41) is 8.92. The summed E-state index contributed by atoms with van der Waals surface area (Å²) < 4.78 is 55.3. The Balaban J connectivity index is 1.58. The first-order valence-corrected chi connectivity index (χ1v) is 12.6. The minimum Gasteiger partial charge on any atom is -0.366 e. The minimum absolute atomic E-state index is 0.117. The molecule has 4 rings (SSSR count). The fourth-order valence-corrected chi connectivity index (χ4v) is 5.10. The normalized spacial score (nSPS) is 20.9. The van der Waals surface area contributed by atoms with Crippen LogP contribution < -0.4 is 4.90 Å². The molecule has 1 aliphatic carbocycles. The van der Waals surface area contributed by atoms with Gasteiger partial charge in [-0.1, -0.05) is 36.4 Å². The van der Waals surface area contributed by atoms with Crippen molar-refractivity contribution in [1.29, 1.82) is 5.26 Å². The predicted octanol–water partition coefficient (Wildman–Crippen LogP) is 3.47. The summed E-state index contributed by atoms with van der Waals surface area (Å²) in [5.74, 6) is -1.35. The van der Waals surface area contributed by atoms with Crippen LogP contribution in [0.2, 0.25) is 0 Å². The molecule has 2 aromatic rings. The first kappa shape index (κ1) is 23.6. The molecular formula is C25H23F2N3O3S. The van der Waals surface area contributed by atoms with Gasteiger partial charge in [-0.05, 0) is 29.8 Å². The van der Waals surface area contributed by atoms with Crippen molar-refractivity contribution in [1.82, 2.24) is 4.90 Å². The Hall–Kier alpha value is -3.51. The Bertz CT molecular complexity index is 1320. The van der Waals surface area contributed by atoms with Gasteiger partial charge in [0.05, 0.1) is 17.3 Å². The lowest BCUT2D eigenvalue weighted by molar-refractivity contribution is -0.140. The lowest BCUT2D eigenvalue weighted by atomic mass is 9.82. The highest BCUT2D eigenvalue weighted by Gasteiger charge is 2.49. The topological polar surface area (TPSA) is 81.5 Å². The zero-order valence-electron chi connectivity index (χ0n) is 18.5. The number of alkyl halides is 1. The van der Waals surface area contributed by atoms with E-state index in [1.807, 2.05) is 6.07 Å². The fourth-order valence-electron chi connectivity index (χ4n) is 4.32. The van der Waals surface area contributed by atoms with Crippen molar-refractivity contribution in [2.45, 2.75) is 12.1 Å². The van der Waals surface area contributed by atoms with Gasteiger partial charge in [0, 0.05) is 49.3 Å². The summed E-state index contributed by atoms with van der Waals surface area (Å²) in [6.45, 7) is 0.821. The van der Waals surface area contributed by atoms with Crippen LogP contribution in [0.15, 0.2) is 65.6 Å². The summed E-state index contributed by atoms with van der Waals surface area (Å²) in [7, 11) is -3.69. The first-order chi connectivity index (χ1) is 16.1. The second kappa shape index (κ2) is 9.03. The Morgan fingerprint density at radius 3 is 2.32 bits per heavy atom. The number of sulfone groups is 1.